The zero-order valence-corrected chi connectivity index (χ0v) is 9.34. The molecule has 0 aliphatic heterocycles. The first kappa shape index (κ1) is 12.4. The van der Waals surface area contributed by atoms with Gasteiger partial charge in [-0.25, -0.2) is 9.97 Å². The van der Waals surface area contributed by atoms with Crippen molar-refractivity contribution >= 4 is 5.97 Å². The third kappa shape index (κ3) is 3.47. The molecule has 0 aromatic carbocycles. The molecule has 88 valence electrons. The van der Waals surface area contributed by atoms with E-state index in [0.717, 1.165) is 12.1 Å². The molecule has 0 saturated carbocycles. The average molecular weight is 225 g/mol. The summed E-state index contributed by atoms with van der Waals surface area (Å²) in [6.07, 6.45) is 2.21. The molecular weight excluding hydrogens is 210 g/mol. The first-order valence-corrected chi connectivity index (χ1v) is 4.94. The van der Waals surface area contributed by atoms with Crippen molar-refractivity contribution < 1.29 is 14.3 Å². The number of nitrogens with two attached hydrogens (primary N) is 1. The highest BCUT2D eigenvalue weighted by atomic mass is 16.5. The van der Waals surface area contributed by atoms with Gasteiger partial charge in [-0.3, -0.25) is 4.79 Å². The summed E-state index contributed by atoms with van der Waals surface area (Å²) in [5.41, 5.74) is 6.38. The van der Waals surface area contributed by atoms with E-state index >= 15 is 0 Å². The van der Waals surface area contributed by atoms with Crippen molar-refractivity contribution in [1.82, 2.24) is 9.97 Å². The fourth-order valence-electron chi connectivity index (χ4n) is 1.04. The number of carbonyl (C=O) groups excluding carboxylic acids is 1. The summed E-state index contributed by atoms with van der Waals surface area (Å²) in [6.45, 7) is 2.01. The van der Waals surface area contributed by atoms with Crippen LogP contribution in [0.25, 0.3) is 0 Å². The lowest BCUT2D eigenvalue weighted by atomic mass is 10.3. The van der Waals surface area contributed by atoms with Crippen molar-refractivity contribution in [3.8, 4) is 5.88 Å². The first-order valence-electron chi connectivity index (χ1n) is 4.94. The van der Waals surface area contributed by atoms with Crippen LogP contribution >= 0.6 is 0 Å². The predicted octanol–water partition coefficient (Wildman–Crippen LogP) is -0.0819. The number of ether oxygens (including phenoxy) is 2. The molecule has 0 fully saturated rings. The molecule has 1 unspecified atom stereocenters. The standard InChI is InChI=1S/C10H15N3O3/c1-3-7-4-9(13-6-12-7)16-5-8(11)10(14)15-2/h4,6,8H,3,5,11H2,1-2H3. The van der Waals surface area contributed by atoms with E-state index in [4.69, 9.17) is 10.5 Å². The van der Waals surface area contributed by atoms with E-state index in [0.29, 0.717) is 5.88 Å². The summed E-state index contributed by atoms with van der Waals surface area (Å²) in [5.74, 6) is -0.101. The summed E-state index contributed by atoms with van der Waals surface area (Å²) < 4.78 is 9.72. The molecule has 1 aromatic rings. The Morgan fingerprint density at radius 1 is 1.56 bits per heavy atom. The van der Waals surface area contributed by atoms with E-state index in [1.165, 1.54) is 13.4 Å². The quantitative estimate of drug-likeness (QED) is 0.705. The summed E-state index contributed by atoms with van der Waals surface area (Å²) >= 11 is 0. The van der Waals surface area contributed by atoms with E-state index in [1.807, 2.05) is 6.92 Å². The molecule has 0 spiro atoms. The largest absolute Gasteiger partial charge is 0.475 e. The van der Waals surface area contributed by atoms with Crippen LogP contribution in [0.4, 0.5) is 0 Å². The Kier molecular flexibility index (Phi) is 4.65. The van der Waals surface area contributed by atoms with Crippen LogP contribution in [-0.2, 0) is 16.0 Å². The lowest BCUT2D eigenvalue weighted by Crippen LogP contribution is -2.37. The Morgan fingerprint density at radius 3 is 2.94 bits per heavy atom. The van der Waals surface area contributed by atoms with E-state index < -0.39 is 12.0 Å². The average Bonchev–Trinajstić information content (AvgIpc) is 2.35. The van der Waals surface area contributed by atoms with Crippen LogP contribution in [0.5, 0.6) is 5.88 Å². The molecule has 0 aliphatic carbocycles. The highest BCUT2D eigenvalue weighted by Gasteiger charge is 2.14. The lowest BCUT2D eigenvalue weighted by Gasteiger charge is -2.10. The van der Waals surface area contributed by atoms with Gasteiger partial charge in [0.25, 0.3) is 0 Å². The zero-order valence-electron chi connectivity index (χ0n) is 9.34. The summed E-state index contributed by atoms with van der Waals surface area (Å²) in [6, 6.07) is 0.911. The van der Waals surface area contributed by atoms with Crippen molar-refractivity contribution in [2.75, 3.05) is 13.7 Å². The monoisotopic (exact) mass is 225 g/mol. The SMILES string of the molecule is CCc1cc(OCC(N)C(=O)OC)ncn1. The van der Waals surface area contributed by atoms with Crippen LogP contribution in [0.2, 0.25) is 0 Å². The molecule has 1 rings (SSSR count). The van der Waals surface area contributed by atoms with E-state index in [9.17, 15) is 4.79 Å². The number of esters is 1. The van der Waals surface area contributed by atoms with Crippen molar-refractivity contribution in [3.63, 3.8) is 0 Å². The van der Waals surface area contributed by atoms with Crippen molar-refractivity contribution in [2.45, 2.75) is 19.4 Å². The first-order chi connectivity index (χ1) is 7.67. The minimum Gasteiger partial charge on any atom is -0.475 e. The molecule has 6 heteroatoms. The van der Waals surface area contributed by atoms with Gasteiger partial charge in [0.2, 0.25) is 5.88 Å². The highest BCUT2D eigenvalue weighted by Crippen LogP contribution is 2.07. The van der Waals surface area contributed by atoms with Crippen LogP contribution in [0.3, 0.4) is 0 Å². The molecule has 0 aliphatic rings. The zero-order chi connectivity index (χ0) is 12.0. The molecule has 16 heavy (non-hydrogen) atoms. The molecule has 1 heterocycles. The van der Waals surface area contributed by atoms with Gasteiger partial charge in [0.15, 0.2) is 0 Å². The predicted molar refractivity (Wildman–Crippen MR) is 56.9 cm³/mol. The van der Waals surface area contributed by atoms with Crippen molar-refractivity contribution in [2.24, 2.45) is 5.73 Å². The maximum atomic E-state index is 11.0. The molecule has 6 nitrogen and oxygen atoms in total. The number of hydrogen-bond acceptors (Lipinski definition) is 6. The van der Waals surface area contributed by atoms with E-state index in [-0.39, 0.29) is 6.61 Å². The Bertz CT molecular complexity index is 357. The molecule has 2 N–H and O–H groups in total. The third-order valence-electron chi connectivity index (χ3n) is 1.98. The van der Waals surface area contributed by atoms with Crippen molar-refractivity contribution in [1.29, 1.82) is 0 Å². The number of hydrogen-bond donors (Lipinski definition) is 1. The van der Waals surface area contributed by atoms with Gasteiger partial charge in [-0.05, 0) is 6.42 Å². The van der Waals surface area contributed by atoms with Crippen LogP contribution in [0.1, 0.15) is 12.6 Å². The summed E-state index contributed by atoms with van der Waals surface area (Å²) in [4.78, 5) is 18.9. The minimum atomic E-state index is -0.801. The summed E-state index contributed by atoms with van der Waals surface area (Å²) in [5, 5.41) is 0. The molecule has 0 bridgehead atoms. The maximum Gasteiger partial charge on any atom is 0.326 e. The topological polar surface area (TPSA) is 87.3 Å². The number of rotatable bonds is 5. The van der Waals surface area contributed by atoms with Gasteiger partial charge in [0, 0.05) is 11.8 Å². The number of aryl methyl sites for hydroxylation is 1. The summed E-state index contributed by atoms with van der Waals surface area (Å²) in [7, 11) is 1.28. The smallest absolute Gasteiger partial charge is 0.326 e. The molecular formula is C10H15N3O3. The van der Waals surface area contributed by atoms with Gasteiger partial charge in [0.05, 0.1) is 7.11 Å². The van der Waals surface area contributed by atoms with Crippen LogP contribution in [-0.4, -0.2) is 35.7 Å². The number of methoxy groups -OCH3 is 1. The van der Waals surface area contributed by atoms with E-state index in [2.05, 4.69) is 14.7 Å². The van der Waals surface area contributed by atoms with Crippen LogP contribution in [0.15, 0.2) is 12.4 Å². The third-order valence-corrected chi connectivity index (χ3v) is 1.98. The molecule has 0 amide bonds. The molecule has 1 aromatic heterocycles. The van der Waals surface area contributed by atoms with Gasteiger partial charge in [-0.1, -0.05) is 6.92 Å². The van der Waals surface area contributed by atoms with Crippen LogP contribution < -0.4 is 10.5 Å². The second-order valence-electron chi connectivity index (χ2n) is 3.14. The number of carbonyl (C=O) groups is 1. The van der Waals surface area contributed by atoms with Crippen molar-refractivity contribution in [3.05, 3.63) is 18.1 Å². The maximum absolute atomic E-state index is 11.0. The molecule has 1 atom stereocenters. The molecule has 0 radical (unpaired) electrons. The fourth-order valence-corrected chi connectivity index (χ4v) is 1.04. The second kappa shape index (κ2) is 6.02. The van der Waals surface area contributed by atoms with Gasteiger partial charge in [-0.15, -0.1) is 0 Å². The Labute approximate surface area is 93.8 Å². The van der Waals surface area contributed by atoms with Gasteiger partial charge in [0.1, 0.15) is 19.0 Å². The fraction of sp³-hybridized carbons (Fsp3) is 0.500. The van der Waals surface area contributed by atoms with Crippen LogP contribution in [0, 0.1) is 0 Å². The highest BCUT2D eigenvalue weighted by molar-refractivity contribution is 5.75. The van der Waals surface area contributed by atoms with Gasteiger partial charge in [-0.2, -0.15) is 0 Å². The Balaban J connectivity index is 2.51. The lowest BCUT2D eigenvalue weighted by molar-refractivity contribution is -0.142. The Morgan fingerprint density at radius 2 is 2.31 bits per heavy atom. The molecule has 0 saturated heterocycles. The Hall–Kier alpha value is -1.69. The normalized spacial score (nSPS) is 11.9. The number of aromatic nitrogens is 2. The minimum absolute atomic E-state index is 0.0346. The second-order valence-corrected chi connectivity index (χ2v) is 3.14. The number of nitrogens with zero attached hydrogens (tertiary/aromatic N) is 2. The van der Waals surface area contributed by atoms with Gasteiger partial charge >= 0.3 is 5.97 Å². The van der Waals surface area contributed by atoms with Gasteiger partial charge < -0.3 is 15.2 Å². The van der Waals surface area contributed by atoms with E-state index in [1.54, 1.807) is 6.07 Å².